The van der Waals surface area contributed by atoms with E-state index >= 15 is 0 Å². The Morgan fingerprint density at radius 2 is 1.94 bits per heavy atom. The van der Waals surface area contributed by atoms with Crippen molar-refractivity contribution in [2.75, 3.05) is 32.7 Å². The van der Waals surface area contributed by atoms with Crippen molar-refractivity contribution < 1.29 is 0 Å². The quantitative estimate of drug-likeness (QED) is 0.682. The smallest absolute Gasteiger partial charge is 0.0462 e. The minimum absolute atomic E-state index is 0.250. The van der Waals surface area contributed by atoms with Crippen LogP contribution in [0.1, 0.15) is 38.5 Å². The molecule has 98 valence electrons. The Hall–Kier alpha value is -0.120. The Bertz CT molecular complexity index is 256. The fraction of sp³-hybridized carbons (Fsp3) is 1.00. The summed E-state index contributed by atoms with van der Waals surface area (Å²) in [6.07, 6.45) is 8.46. The third-order valence-electron chi connectivity index (χ3n) is 5.20. The van der Waals surface area contributed by atoms with Crippen LogP contribution in [0.4, 0.5) is 0 Å². The van der Waals surface area contributed by atoms with E-state index in [9.17, 15) is 0 Å². The molecule has 1 saturated carbocycles. The summed E-state index contributed by atoms with van der Waals surface area (Å²) >= 11 is 0. The number of hydrogen-bond donors (Lipinski definition) is 2. The largest absolute Gasteiger partial charge is 0.329 e. The first kappa shape index (κ1) is 11.9. The van der Waals surface area contributed by atoms with Crippen molar-refractivity contribution >= 4 is 0 Å². The Labute approximate surface area is 105 Å². The molecular formula is C14H27N3. The van der Waals surface area contributed by atoms with Crippen molar-refractivity contribution in [3.8, 4) is 0 Å². The zero-order valence-electron chi connectivity index (χ0n) is 11.0. The molecule has 3 saturated heterocycles. The van der Waals surface area contributed by atoms with Crippen LogP contribution < -0.4 is 11.1 Å². The van der Waals surface area contributed by atoms with Crippen LogP contribution in [0.25, 0.3) is 0 Å². The molecule has 4 aliphatic rings. The molecule has 3 aliphatic heterocycles. The molecule has 3 nitrogen and oxygen atoms in total. The first-order chi connectivity index (χ1) is 8.32. The van der Waals surface area contributed by atoms with Gasteiger partial charge in [0.1, 0.15) is 0 Å². The van der Waals surface area contributed by atoms with Gasteiger partial charge in [0, 0.05) is 18.6 Å². The molecule has 1 atom stereocenters. The second-order valence-electron chi connectivity index (χ2n) is 6.42. The van der Waals surface area contributed by atoms with Gasteiger partial charge < -0.3 is 16.0 Å². The number of nitrogens with zero attached hydrogens (tertiary/aromatic N) is 1. The van der Waals surface area contributed by atoms with Crippen molar-refractivity contribution in [2.45, 2.75) is 44.1 Å². The van der Waals surface area contributed by atoms with Crippen molar-refractivity contribution in [1.82, 2.24) is 10.2 Å². The normalized spacial score (nSPS) is 40.8. The summed E-state index contributed by atoms with van der Waals surface area (Å²) < 4.78 is 0. The molecule has 1 unspecified atom stereocenters. The van der Waals surface area contributed by atoms with Crippen LogP contribution in [-0.2, 0) is 0 Å². The van der Waals surface area contributed by atoms with Crippen LogP contribution in [0.5, 0.6) is 0 Å². The van der Waals surface area contributed by atoms with E-state index in [4.69, 9.17) is 5.73 Å². The molecule has 3 N–H and O–H groups in total. The lowest BCUT2D eigenvalue weighted by atomic mass is 9.72. The summed E-state index contributed by atoms with van der Waals surface area (Å²) in [5, 5.41) is 3.83. The monoisotopic (exact) mass is 237 g/mol. The molecule has 0 amide bonds. The topological polar surface area (TPSA) is 41.3 Å². The predicted molar refractivity (Wildman–Crippen MR) is 70.9 cm³/mol. The Kier molecular flexibility index (Phi) is 3.42. The van der Waals surface area contributed by atoms with Crippen LogP contribution in [0, 0.1) is 11.8 Å². The minimum atomic E-state index is 0.250. The van der Waals surface area contributed by atoms with Crippen LogP contribution in [0.3, 0.4) is 0 Å². The summed E-state index contributed by atoms with van der Waals surface area (Å²) in [5.74, 6) is 1.90. The Morgan fingerprint density at radius 3 is 2.47 bits per heavy atom. The highest BCUT2D eigenvalue weighted by Crippen LogP contribution is 2.36. The molecule has 17 heavy (non-hydrogen) atoms. The molecule has 1 aliphatic carbocycles. The van der Waals surface area contributed by atoms with E-state index in [1.807, 2.05) is 0 Å². The summed E-state index contributed by atoms with van der Waals surface area (Å²) in [6, 6.07) is 0. The third-order valence-corrected chi connectivity index (χ3v) is 5.20. The van der Waals surface area contributed by atoms with Crippen molar-refractivity contribution in [3.63, 3.8) is 0 Å². The van der Waals surface area contributed by atoms with E-state index in [1.54, 1.807) is 0 Å². The maximum absolute atomic E-state index is 6.09. The van der Waals surface area contributed by atoms with Gasteiger partial charge in [0.25, 0.3) is 0 Å². The summed E-state index contributed by atoms with van der Waals surface area (Å²) in [4.78, 5) is 2.60. The van der Waals surface area contributed by atoms with Crippen LogP contribution >= 0.6 is 0 Å². The zero-order chi connectivity index (χ0) is 11.7. The third kappa shape index (κ3) is 2.51. The van der Waals surface area contributed by atoms with Crippen molar-refractivity contribution in [2.24, 2.45) is 17.6 Å². The summed E-state index contributed by atoms with van der Waals surface area (Å²) in [5.41, 5.74) is 6.34. The van der Waals surface area contributed by atoms with Gasteiger partial charge in [-0.15, -0.1) is 0 Å². The lowest BCUT2D eigenvalue weighted by Crippen LogP contribution is -2.69. The van der Waals surface area contributed by atoms with E-state index in [1.165, 1.54) is 64.7 Å². The van der Waals surface area contributed by atoms with Crippen LogP contribution in [-0.4, -0.2) is 43.2 Å². The van der Waals surface area contributed by atoms with E-state index in [0.717, 1.165) is 18.4 Å². The molecule has 3 heterocycles. The zero-order valence-corrected chi connectivity index (χ0v) is 11.0. The molecule has 0 radical (unpaired) electrons. The predicted octanol–water partition coefficient (Wildman–Crippen LogP) is 1.19. The maximum Gasteiger partial charge on any atom is 0.0462 e. The highest BCUT2D eigenvalue weighted by Gasteiger charge is 2.45. The molecule has 4 rings (SSSR count). The average molecular weight is 237 g/mol. The fourth-order valence-electron chi connectivity index (χ4n) is 3.81. The van der Waals surface area contributed by atoms with Gasteiger partial charge in [0.2, 0.25) is 0 Å². The van der Waals surface area contributed by atoms with E-state index in [-0.39, 0.29) is 5.54 Å². The molecule has 0 aromatic rings. The highest BCUT2D eigenvalue weighted by molar-refractivity contribution is 5.04. The number of nitrogens with one attached hydrogen (secondary N) is 1. The van der Waals surface area contributed by atoms with Gasteiger partial charge in [-0.05, 0) is 57.2 Å². The maximum atomic E-state index is 6.09. The van der Waals surface area contributed by atoms with Gasteiger partial charge in [-0.1, -0.05) is 12.8 Å². The number of nitrogens with two attached hydrogens (primary N) is 1. The van der Waals surface area contributed by atoms with E-state index in [0.29, 0.717) is 0 Å². The van der Waals surface area contributed by atoms with Crippen LogP contribution in [0.15, 0.2) is 0 Å². The molecule has 0 spiro atoms. The second kappa shape index (κ2) is 4.87. The van der Waals surface area contributed by atoms with Crippen LogP contribution in [0.2, 0.25) is 0 Å². The highest BCUT2D eigenvalue weighted by atomic mass is 15.2. The molecule has 4 fully saturated rings. The first-order valence-corrected chi connectivity index (χ1v) is 7.50. The number of hydrogen-bond acceptors (Lipinski definition) is 3. The van der Waals surface area contributed by atoms with E-state index < -0.39 is 0 Å². The Balaban J connectivity index is 1.50. The Morgan fingerprint density at radius 1 is 1.18 bits per heavy atom. The molecule has 0 aromatic carbocycles. The average Bonchev–Trinajstić information content (AvgIpc) is 3.20. The van der Waals surface area contributed by atoms with Crippen molar-refractivity contribution in [3.05, 3.63) is 0 Å². The number of piperidine rings is 3. The fourth-order valence-corrected chi connectivity index (χ4v) is 3.81. The van der Waals surface area contributed by atoms with Crippen molar-refractivity contribution in [1.29, 1.82) is 0 Å². The van der Waals surface area contributed by atoms with Gasteiger partial charge >= 0.3 is 0 Å². The molecule has 0 aromatic heterocycles. The van der Waals surface area contributed by atoms with Gasteiger partial charge in [0.15, 0.2) is 0 Å². The summed E-state index contributed by atoms with van der Waals surface area (Å²) in [6.45, 7) is 5.79. The van der Waals surface area contributed by atoms with Gasteiger partial charge in [-0.3, -0.25) is 0 Å². The number of rotatable bonds is 6. The molecule has 3 heteroatoms. The van der Waals surface area contributed by atoms with E-state index in [2.05, 4.69) is 10.2 Å². The van der Waals surface area contributed by atoms with Gasteiger partial charge in [-0.2, -0.15) is 0 Å². The lowest BCUT2D eigenvalue weighted by Gasteiger charge is -2.53. The lowest BCUT2D eigenvalue weighted by molar-refractivity contribution is 0.0110. The summed E-state index contributed by atoms with van der Waals surface area (Å²) in [7, 11) is 0. The molecular weight excluding hydrogens is 210 g/mol. The standard InChI is InChI=1S/C14H27N3/c15-10-14(16-7-1-2-12-3-4-12)11-17-8-5-13(14)6-9-17/h12-13,16H,1-11,15H2. The SMILES string of the molecule is NCC1(NCCCC2CC2)CN2CCC1CC2. The van der Waals surface area contributed by atoms with Gasteiger partial charge in [-0.25, -0.2) is 0 Å². The minimum Gasteiger partial charge on any atom is -0.329 e. The first-order valence-electron chi connectivity index (χ1n) is 7.50. The second-order valence-corrected chi connectivity index (χ2v) is 6.42. The van der Waals surface area contributed by atoms with Gasteiger partial charge in [0.05, 0.1) is 0 Å². The molecule has 2 bridgehead atoms. The number of fused-ring (bicyclic) bond motifs is 3.